The molecule has 0 aliphatic heterocycles. The molecule has 1 aromatic heterocycles. The van der Waals surface area contributed by atoms with E-state index in [-0.39, 0.29) is 0 Å². The van der Waals surface area contributed by atoms with Gasteiger partial charge in [-0.3, -0.25) is 0 Å². The molecule has 0 aliphatic rings. The number of anilines is 1. The summed E-state index contributed by atoms with van der Waals surface area (Å²) in [6, 6.07) is 7.87. The van der Waals surface area contributed by atoms with Crippen LogP contribution in [0.3, 0.4) is 0 Å². The standard InChI is InChI=1S/C14H19N3/c1-11(2)6-8-17-9-7-16-14(17)12-4-3-5-13(15)10-12/h3-5,7,9-11H,6,8,15H2,1-2H3. The van der Waals surface area contributed by atoms with Crippen molar-refractivity contribution in [2.75, 3.05) is 5.73 Å². The number of hydrogen-bond acceptors (Lipinski definition) is 2. The molecule has 0 amide bonds. The highest BCUT2D eigenvalue weighted by Crippen LogP contribution is 2.20. The summed E-state index contributed by atoms with van der Waals surface area (Å²) in [5, 5.41) is 0. The number of aromatic nitrogens is 2. The van der Waals surface area contributed by atoms with Gasteiger partial charge in [-0.15, -0.1) is 0 Å². The van der Waals surface area contributed by atoms with Crippen LogP contribution in [0.2, 0.25) is 0 Å². The van der Waals surface area contributed by atoms with Gasteiger partial charge in [0.05, 0.1) is 0 Å². The molecule has 0 aliphatic carbocycles. The highest BCUT2D eigenvalue weighted by Gasteiger charge is 2.06. The number of aryl methyl sites for hydroxylation is 1. The van der Waals surface area contributed by atoms with E-state index in [4.69, 9.17) is 5.73 Å². The number of benzene rings is 1. The highest BCUT2D eigenvalue weighted by atomic mass is 15.1. The molecule has 2 rings (SSSR count). The summed E-state index contributed by atoms with van der Waals surface area (Å²) in [6.07, 6.45) is 5.03. The predicted octanol–water partition coefficient (Wildman–Crippen LogP) is 3.18. The van der Waals surface area contributed by atoms with Gasteiger partial charge in [-0.05, 0) is 24.5 Å². The first-order valence-corrected chi connectivity index (χ1v) is 6.04. The Morgan fingerprint density at radius 2 is 2.18 bits per heavy atom. The minimum atomic E-state index is 0.700. The highest BCUT2D eigenvalue weighted by molar-refractivity contribution is 5.61. The van der Waals surface area contributed by atoms with E-state index in [2.05, 4.69) is 23.4 Å². The van der Waals surface area contributed by atoms with Crippen LogP contribution in [0.4, 0.5) is 5.69 Å². The zero-order valence-electron chi connectivity index (χ0n) is 10.4. The summed E-state index contributed by atoms with van der Waals surface area (Å²) >= 11 is 0. The lowest BCUT2D eigenvalue weighted by Crippen LogP contribution is -2.02. The molecule has 0 radical (unpaired) electrons. The quantitative estimate of drug-likeness (QED) is 0.818. The number of rotatable bonds is 4. The molecule has 2 aromatic rings. The zero-order valence-corrected chi connectivity index (χ0v) is 10.4. The summed E-state index contributed by atoms with van der Waals surface area (Å²) < 4.78 is 2.19. The normalized spacial score (nSPS) is 11.0. The number of nitrogens with two attached hydrogens (primary N) is 1. The van der Waals surface area contributed by atoms with Gasteiger partial charge in [-0.1, -0.05) is 26.0 Å². The first-order chi connectivity index (χ1) is 8.16. The second kappa shape index (κ2) is 5.04. The average Bonchev–Trinajstić information content (AvgIpc) is 2.74. The Kier molecular flexibility index (Phi) is 3.47. The maximum Gasteiger partial charge on any atom is 0.139 e. The molecule has 3 nitrogen and oxygen atoms in total. The van der Waals surface area contributed by atoms with Gasteiger partial charge in [0.1, 0.15) is 5.82 Å². The number of imidazole rings is 1. The van der Waals surface area contributed by atoms with E-state index >= 15 is 0 Å². The molecule has 0 atom stereocenters. The first kappa shape index (κ1) is 11.7. The molecule has 0 unspecified atom stereocenters. The maximum absolute atomic E-state index is 5.80. The Bertz CT molecular complexity index is 486. The van der Waals surface area contributed by atoms with Crippen molar-refractivity contribution in [2.24, 2.45) is 5.92 Å². The second-order valence-electron chi connectivity index (χ2n) is 4.75. The molecule has 3 heteroatoms. The van der Waals surface area contributed by atoms with E-state index in [0.29, 0.717) is 5.92 Å². The van der Waals surface area contributed by atoms with Crippen LogP contribution in [-0.4, -0.2) is 9.55 Å². The number of nitrogens with zero attached hydrogens (tertiary/aromatic N) is 2. The Hall–Kier alpha value is -1.77. The van der Waals surface area contributed by atoms with Crippen LogP contribution in [-0.2, 0) is 6.54 Å². The molecular formula is C14H19N3. The Morgan fingerprint density at radius 3 is 2.88 bits per heavy atom. The third-order valence-corrected chi connectivity index (χ3v) is 2.81. The van der Waals surface area contributed by atoms with E-state index in [0.717, 1.165) is 30.0 Å². The van der Waals surface area contributed by atoms with Crippen molar-refractivity contribution in [3.63, 3.8) is 0 Å². The number of nitrogen functional groups attached to an aromatic ring is 1. The fourth-order valence-electron chi connectivity index (χ4n) is 1.83. The summed E-state index contributed by atoms with van der Waals surface area (Å²) in [7, 11) is 0. The Morgan fingerprint density at radius 1 is 1.35 bits per heavy atom. The van der Waals surface area contributed by atoms with E-state index in [1.54, 1.807) is 0 Å². The maximum atomic E-state index is 5.80. The summed E-state index contributed by atoms with van der Waals surface area (Å²) in [4.78, 5) is 4.41. The largest absolute Gasteiger partial charge is 0.399 e. The minimum Gasteiger partial charge on any atom is -0.399 e. The van der Waals surface area contributed by atoms with Crippen molar-refractivity contribution < 1.29 is 0 Å². The van der Waals surface area contributed by atoms with Crippen LogP contribution in [0.1, 0.15) is 20.3 Å². The van der Waals surface area contributed by atoms with Gasteiger partial charge in [0, 0.05) is 30.2 Å². The summed E-state index contributed by atoms with van der Waals surface area (Å²) in [5.41, 5.74) is 7.66. The second-order valence-corrected chi connectivity index (χ2v) is 4.75. The van der Waals surface area contributed by atoms with Crippen LogP contribution >= 0.6 is 0 Å². The molecule has 90 valence electrons. The SMILES string of the molecule is CC(C)CCn1ccnc1-c1cccc(N)c1. The molecule has 0 saturated heterocycles. The molecule has 0 bridgehead atoms. The van der Waals surface area contributed by atoms with Gasteiger partial charge < -0.3 is 10.3 Å². The first-order valence-electron chi connectivity index (χ1n) is 6.04. The van der Waals surface area contributed by atoms with Gasteiger partial charge in [-0.2, -0.15) is 0 Å². The zero-order chi connectivity index (χ0) is 12.3. The molecule has 1 heterocycles. The predicted molar refractivity (Wildman–Crippen MR) is 71.5 cm³/mol. The van der Waals surface area contributed by atoms with Crippen molar-refractivity contribution in [1.29, 1.82) is 0 Å². The fraction of sp³-hybridized carbons (Fsp3) is 0.357. The van der Waals surface area contributed by atoms with Crippen LogP contribution in [0, 0.1) is 5.92 Å². The van der Waals surface area contributed by atoms with Gasteiger partial charge >= 0.3 is 0 Å². The number of hydrogen-bond donors (Lipinski definition) is 1. The molecule has 1 aromatic carbocycles. The monoisotopic (exact) mass is 229 g/mol. The van der Waals surface area contributed by atoms with E-state index in [1.165, 1.54) is 0 Å². The average molecular weight is 229 g/mol. The lowest BCUT2D eigenvalue weighted by atomic mass is 10.1. The van der Waals surface area contributed by atoms with E-state index in [1.807, 2.05) is 36.7 Å². The van der Waals surface area contributed by atoms with Crippen LogP contribution in [0.5, 0.6) is 0 Å². The van der Waals surface area contributed by atoms with Crippen LogP contribution < -0.4 is 5.73 Å². The van der Waals surface area contributed by atoms with Crippen molar-refractivity contribution in [2.45, 2.75) is 26.8 Å². The molecule has 0 fully saturated rings. The minimum absolute atomic E-state index is 0.700. The molecule has 2 N–H and O–H groups in total. The Labute approximate surface area is 102 Å². The van der Waals surface area contributed by atoms with Crippen molar-refractivity contribution in [3.05, 3.63) is 36.7 Å². The Balaban J connectivity index is 2.24. The van der Waals surface area contributed by atoms with E-state index in [9.17, 15) is 0 Å². The summed E-state index contributed by atoms with van der Waals surface area (Å²) in [5.74, 6) is 1.70. The lowest BCUT2D eigenvalue weighted by Gasteiger charge is -2.10. The molecular weight excluding hydrogens is 210 g/mol. The molecule has 0 spiro atoms. The fourth-order valence-corrected chi connectivity index (χ4v) is 1.83. The van der Waals surface area contributed by atoms with Crippen LogP contribution in [0.25, 0.3) is 11.4 Å². The van der Waals surface area contributed by atoms with Gasteiger partial charge in [0.15, 0.2) is 0 Å². The van der Waals surface area contributed by atoms with Gasteiger partial charge in [0.25, 0.3) is 0 Å². The molecule has 17 heavy (non-hydrogen) atoms. The van der Waals surface area contributed by atoms with Crippen molar-refractivity contribution in [3.8, 4) is 11.4 Å². The molecule has 0 saturated carbocycles. The van der Waals surface area contributed by atoms with E-state index < -0.39 is 0 Å². The smallest absolute Gasteiger partial charge is 0.139 e. The third-order valence-electron chi connectivity index (χ3n) is 2.81. The van der Waals surface area contributed by atoms with Crippen LogP contribution in [0.15, 0.2) is 36.7 Å². The van der Waals surface area contributed by atoms with Crippen molar-refractivity contribution in [1.82, 2.24) is 9.55 Å². The summed E-state index contributed by atoms with van der Waals surface area (Å²) in [6.45, 7) is 5.47. The third kappa shape index (κ3) is 2.87. The van der Waals surface area contributed by atoms with Crippen molar-refractivity contribution >= 4 is 5.69 Å². The topological polar surface area (TPSA) is 43.8 Å². The lowest BCUT2D eigenvalue weighted by molar-refractivity contribution is 0.519. The van der Waals surface area contributed by atoms with Gasteiger partial charge in [-0.25, -0.2) is 4.98 Å². The van der Waals surface area contributed by atoms with Gasteiger partial charge in [0.2, 0.25) is 0 Å².